The molecule has 1 aromatic rings. The molecule has 1 N–H and O–H groups in total. The molecular formula is C15H15ClF4O2. The largest absolute Gasteiger partial charge is 0.481 e. The Kier molecular flexibility index (Phi) is 4.19. The molecule has 122 valence electrons. The second-order valence-corrected chi connectivity index (χ2v) is 6.46. The zero-order chi connectivity index (χ0) is 16.9. The molecule has 0 aliphatic heterocycles. The standard InChI is InChI=1S/C15H15ClF4O2/c1-7-12(8-3-4-11(17)10(16)5-8)9(13(21)22)6-14(7,2)15(18,19)20/h3-5,7,9,12H,6H2,1-2H3,(H,21,22)/t7-,9+,12-,14+/m0/s1. The molecule has 0 spiro atoms. The van der Waals surface area contributed by atoms with Gasteiger partial charge in [0.25, 0.3) is 0 Å². The molecule has 1 aliphatic carbocycles. The lowest BCUT2D eigenvalue weighted by atomic mass is 9.75. The lowest BCUT2D eigenvalue weighted by molar-refractivity contribution is -0.229. The van der Waals surface area contributed by atoms with E-state index in [0.717, 1.165) is 13.0 Å². The Hall–Kier alpha value is -1.30. The van der Waals surface area contributed by atoms with E-state index in [1.165, 1.54) is 19.1 Å². The topological polar surface area (TPSA) is 37.3 Å². The van der Waals surface area contributed by atoms with Gasteiger partial charge in [0.2, 0.25) is 0 Å². The number of halogens is 5. The van der Waals surface area contributed by atoms with Gasteiger partial charge in [0.1, 0.15) is 5.82 Å². The number of benzene rings is 1. The van der Waals surface area contributed by atoms with E-state index in [0.29, 0.717) is 5.56 Å². The summed E-state index contributed by atoms with van der Waals surface area (Å²) < 4.78 is 53.4. The molecule has 0 bridgehead atoms. The predicted octanol–water partition coefficient (Wildman–Crippen LogP) is 4.87. The first-order chi connectivity index (χ1) is 9.99. The SMILES string of the molecule is C[C@H]1[C@@H](c2ccc(F)c(Cl)c2)[C@H](C(=O)O)C[C@@]1(C)C(F)(F)F. The van der Waals surface area contributed by atoms with E-state index >= 15 is 0 Å². The third-order valence-electron chi connectivity index (χ3n) is 4.91. The number of carboxylic acid groups (broad SMARTS) is 1. The summed E-state index contributed by atoms with van der Waals surface area (Å²) in [5, 5.41) is 9.08. The minimum atomic E-state index is -4.52. The zero-order valence-corrected chi connectivity index (χ0v) is 12.7. The summed E-state index contributed by atoms with van der Waals surface area (Å²) in [6.45, 7) is 2.43. The van der Waals surface area contributed by atoms with E-state index in [9.17, 15) is 27.5 Å². The lowest BCUT2D eigenvalue weighted by Gasteiger charge is -2.33. The van der Waals surface area contributed by atoms with Gasteiger partial charge in [-0.25, -0.2) is 4.39 Å². The summed E-state index contributed by atoms with van der Waals surface area (Å²) >= 11 is 5.68. The van der Waals surface area contributed by atoms with Gasteiger partial charge in [-0.2, -0.15) is 13.2 Å². The number of carboxylic acids is 1. The van der Waals surface area contributed by atoms with Crippen molar-refractivity contribution in [3.05, 3.63) is 34.6 Å². The van der Waals surface area contributed by atoms with E-state index < -0.39 is 47.6 Å². The third-order valence-corrected chi connectivity index (χ3v) is 5.20. The molecule has 22 heavy (non-hydrogen) atoms. The van der Waals surface area contributed by atoms with E-state index in [1.54, 1.807) is 0 Å². The fourth-order valence-electron chi connectivity index (χ4n) is 3.37. The number of rotatable bonds is 2. The lowest BCUT2D eigenvalue weighted by Crippen LogP contribution is -2.38. The maximum Gasteiger partial charge on any atom is 0.394 e. The second kappa shape index (κ2) is 5.41. The molecule has 4 atom stereocenters. The van der Waals surface area contributed by atoms with Crippen LogP contribution in [0.5, 0.6) is 0 Å². The number of alkyl halides is 3. The van der Waals surface area contributed by atoms with Crippen LogP contribution in [0.1, 0.15) is 31.7 Å². The van der Waals surface area contributed by atoms with Crippen LogP contribution in [0.3, 0.4) is 0 Å². The Morgan fingerprint density at radius 3 is 2.45 bits per heavy atom. The quantitative estimate of drug-likeness (QED) is 0.781. The highest BCUT2D eigenvalue weighted by Gasteiger charge is 2.63. The minimum absolute atomic E-state index is 0.227. The van der Waals surface area contributed by atoms with Crippen molar-refractivity contribution in [3.63, 3.8) is 0 Å². The molecule has 2 nitrogen and oxygen atoms in total. The van der Waals surface area contributed by atoms with E-state index in [-0.39, 0.29) is 5.02 Å². The second-order valence-electron chi connectivity index (χ2n) is 6.05. The summed E-state index contributed by atoms with van der Waals surface area (Å²) in [6.07, 6.45) is -5.02. The van der Waals surface area contributed by atoms with Gasteiger partial charge in [0, 0.05) is 5.92 Å². The van der Waals surface area contributed by atoms with Crippen LogP contribution >= 0.6 is 11.6 Å². The van der Waals surface area contributed by atoms with Gasteiger partial charge in [0.05, 0.1) is 16.4 Å². The third kappa shape index (κ3) is 2.57. The first-order valence-corrected chi connectivity index (χ1v) is 7.11. The number of hydrogen-bond acceptors (Lipinski definition) is 1. The van der Waals surface area contributed by atoms with Crippen LogP contribution in [-0.4, -0.2) is 17.3 Å². The Morgan fingerprint density at radius 2 is 2.00 bits per heavy atom. The van der Waals surface area contributed by atoms with Crippen LogP contribution in [0.15, 0.2) is 18.2 Å². The smallest absolute Gasteiger partial charge is 0.394 e. The monoisotopic (exact) mass is 338 g/mol. The van der Waals surface area contributed by atoms with Gasteiger partial charge in [0.15, 0.2) is 0 Å². The first-order valence-electron chi connectivity index (χ1n) is 6.73. The Labute approximate surface area is 130 Å². The van der Waals surface area contributed by atoms with Crippen molar-refractivity contribution in [3.8, 4) is 0 Å². The maximum atomic E-state index is 13.4. The highest BCUT2D eigenvalue weighted by molar-refractivity contribution is 6.30. The normalized spacial score (nSPS) is 32.2. The first kappa shape index (κ1) is 17.1. The van der Waals surface area contributed by atoms with Gasteiger partial charge in [-0.15, -0.1) is 0 Å². The molecule has 0 unspecified atom stereocenters. The molecule has 0 saturated heterocycles. The van der Waals surface area contributed by atoms with Crippen molar-refractivity contribution in [2.75, 3.05) is 0 Å². The predicted molar refractivity (Wildman–Crippen MR) is 73.2 cm³/mol. The van der Waals surface area contributed by atoms with E-state index in [2.05, 4.69) is 0 Å². The van der Waals surface area contributed by atoms with Crippen molar-refractivity contribution in [1.29, 1.82) is 0 Å². The summed E-state index contributed by atoms with van der Waals surface area (Å²) in [7, 11) is 0. The van der Waals surface area contributed by atoms with Crippen LogP contribution in [0.2, 0.25) is 5.02 Å². The highest BCUT2D eigenvalue weighted by Crippen LogP contribution is 2.61. The van der Waals surface area contributed by atoms with Crippen molar-refractivity contribution >= 4 is 17.6 Å². The fourth-order valence-corrected chi connectivity index (χ4v) is 3.56. The Morgan fingerprint density at radius 1 is 1.41 bits per heavy atom. The van der Waals surface area contributed by atoms with Crippen molar-refractivity contribution in [1.82, 2.24) is 0 Å². The number of carbonyl (C=O) groups is 1. The molecule has 7 heteroatoms. The Balaban J connectivity index is 2.52. The molecule has 0 radical (unpaired) electrons. The van der Waals surface area contributed by atoms with Gasteiger partial charge in [-0.05, 0) is 30.0 Å². The maximum absolute atomic E-state index is 13.4. The minimum Gasteiger partial charge on any atom is -0.481 e. The molecule has 0 heterocycles. The van der Waals surface area contributed by atoms with Crippen molar-refractivity contribution in [2.24, 2.45) is 17.3 Å². The summed E-state index contributed by atoms with van der Waals surface area (Å²) in [6, 6.07) is 3.57. The van der Waals surface area contributed by atoms with Crippen LogP contribution < -0.4 is 0 Å². The molecule has 1 aliphatic rings. The van der Waals surface area contributed by atoms with Gasteiger partial charge >= 0.3 is 12.1 Å². The van der Waals surface area contributed by atoms with Crippen molar-refractivity contribution in [2.45, 2.75) is 32.4 Å². The average molecular weight is 339 g/mol. The fraction of sp³-hybridized carbons (Fsp3) is 0.533. The number of hydrogen-bond donors (Lipinski definition) is 1. The summed E-state index contributed by atoms with van der Waals surface area (Å²) in [5.74, 6) is -5.01. The average Bonchev–Trinajstić information content (AvgIpc) is 2.67. The summed E-state index contributed by atoms with van der Waals surface area (Å²) in [5.41, 5.74) is -1.79. The van der Waals surface area contributed by atoms with Gasteiger partial charge in [-0.1, -0.05) is 31.5 Å². The molecular weight excluding hydrogens is 324 g/mol. The molecule has 2 rings (SSSR count). The van der Waals surface area contributed by atoms with Crippen LogP contribution in [0.4, 0.5) is 17.6 Å². The summed E-state index contributed by atoms with van der Waals surface area (Å²) in [4.78, 5) is 11.4. The van der Waals surface area contributed by atoms with Gasteiger partial charge in [-0.3, -0.25) is 4.79 Å². The van der Waals surface area contributed by atoms with E-state index in [1.807, 2.05) is 0 Å². The molecule has 1 fully saturated rings. The molecule has 0 aromatic heterocycles. The molecule has 1 saturated carbocycles. The van der Waals surface area contributed by atoms with Crippen LogP contribution in [0.25, 0.3) is 0 Å². The number of aliphatic carboxylic acids is 1. The highest BCUT2D eigenvalue weighted by atomic mass is 35.5. The molecule has 0 amide bonds. The molecule has 1 aromatic carbocycles. The Bertz CT molecular complexity index is 602. The van der Waals surface area contributed by atoms with Crippen molar-refractivity contribution < 1.29 is 27.5 Å². The van der Waals surface area contributed by atoms with Crippen LogP contribution in [-0.2, 0) is 4.79 Å². The zero-order valence-electron chi connectivity index (χ0n) is 11.9. The van der Waals surface area contributed by atoms with Crippen LogP contribution in [0, 0.1) is 23.1 Å². The van der Waals surface area contributed by atoms with E-state index in [4.69, 9.17) is 11.6 Å². The van der Waals surface area contributed by atoms with Gasteiger partial charge < -0.3 is 5.11 Å².